The molecule has 4 aromatic rings. The first kappa shape index (κ1) is 23.0. The van der Waals surface area contributed by atoms with Crippen molar-refractivity contribution in [1.29, 1.82) is 0 Å². The van der Waals surface area contributed by atoms with Gasteiger partial charge in [0.25, 0.3) is 15.9 Å². The first-order valence-corrected chi connectivity index (χ1v) is 13.2. The van der Waals surface area contributed by atoms with E-state index in [2.05, 4.69) is 20.2 Å². The van der Waals surface area contributed by atoms with Crippen LogP contribution in [0, 0.1) is 6.92 Å². The van der Waals surface area contributed by atoms with Crippen LogP contribution in [0.4, 0.5) is 10.8 Å². The summed E-state index contributed by atoms with van der Waals surface area (Å²) in [6.07, 6.45) is 0. The van der Waals surface area contributed by atoms with Crippen LogP contribution >= 0.6 is 23.1 Å². The minimum Gasteiger partial charge on any atom is -0.296 e. The molecule has 0 atom stereocenters. The summed E-state index contributed by atoms with van der Waals surface area (Å²) in [6, 6.07) is 23.0. The van der Waals surface area contributed by atoms with Gasteiger partial charge in [0.05, 0.1) is 10.6 Å². The highest BCUT2D eigenvalue weighted by Crippen LogP contribution is 2.29. The Labute approximate surface area is 200 Å². The van der Waals surface area contributed by atoms with Crippen molar-refractivity contribution >= 4 is 49.8 Å². The zero-order valence-corrected chi connectivity index (χ0v) is 20.0. The molecular weight excluding hydrogens is 476 g/mol. The van der Waals surface area contributed by atoms with E-state index < -0.39 is 10.0 Å². The average Bonchev–Trinajstić information content (AvgIpc) is 3.27. The molecule has 0 aliphatic rings. The Balaban J connectivity index is 1.44. The molecule has 10 heteroatoms. The lowest BCUT2D eigenvalue weighted by atomic mass is 10.1. The van der Waals surface area contributed by atoms with Crippen LogP contribution in [0.5, 0.6) is 0 Å². The fourth-order valence-corrected chi connectivity index (χ4v) is 5.84. The van der Waals surface area contributed by atoms with Gasteiger partial charge >= 0.3 is 0 Å². The van der Waals surface area contributed by atoms with Gasteiger partial charge in [-0.05, 0) is 42.3 Å². The van der Waals surface area contributed by atoms with Crippen molar-refractivity contribution in [1.82, 2.24) is 10.2 Å². The predicted molar refractivity (Wildman–Crippen MR) is 132 cm³/mol. The number of benzene rings is 3. The van der Waals surface area contributed by atoms with Crippen molar-refractivity contribution in [3.05, 3.63) is 95.6 Å². The second-order valence-electron chi connectivity index (χ2n) is 7.00. The summed E-state index contributed by atoms with van der Waals surface area (Å²) in [7, 11) is -3.77. The van der Waals surface area contributed by atoms with Gasteiger partial charge in [0.15, 0.2) is 4.34 Å². The number of nitrogens with zero attached hydrogens (tertiary/aromatic N) is 2. The first-order valence-electron chi connectivity index (χ1n) is 9.91. The summed E-state index contributed by atoms with van der Waals surface area (Å²) >= 11 is 2.83. The van der Waals surface area contributed by atoms with E-state index in [1.54, 1.807) is 55.1 Å². The molecule has 7 nitrogen and oxygen atoms in total. The number of carbonyl (C=O) groups is 1. The van der Waals surface area contributed by atoms with E-state index in [1.165, 1.54) is 29.0 Å². The number of thioether (sulfide) groups is 1. The van der Waals surface area contributed by atoms with Gasteiger partial charge in [-0.15, -0.1) is 10.2 Å². The van der Waals surface area contributed by atoms with E-state index in [-0.39, 0.29) is 10.8 Å². The SMILES string of the molecule is Cc1c(NS(=O)(=O)c2ccccc2)cccc1C(=O)Nc1nnc(SCc2ccccc2)s1. The van der Waals surface area contributed by atoms with Gasteiger partial charge in [0, 0.05) is 11.3 Å². The van der Waals surface area contributed by atoms with Crippen molar-refractivity contribution in [2.45, 2.75) is 21.9 Å². The number of anilines is 2. The summed E-state index contributed by atoms with van der Waals surface area (Å²) in [5, 5.41) is 11.3. The Bertz CT molecular complexity index is 1360. The minimum atomic E-state index is -3.77. The Kier molecular flexibility index (Phi) is 7.07. The maximum Gasteiger partial charge on any atom is 0.261 e. The Morgan fingerprint density at radius 1 is 0.939 bits per heavy atom. The van der Waals surface area contributed by atoms with Crippen molar-refractivity contribution in [2.75, 3.05) is 10.0 Å². The predicted octanol–water partition coefficient (Wildman–Crippen LogP) is 5.19. The van der Waals surface area contributed by atoms with Crippen LogP contribution < -0.4 is 10.0 Å². The van der Waals surface area contributed by atoms with Gasteiger partial charge < -0.3 is 0 Å². The van der Waals surface area contributed by atoms with E-state index in [0.29, 0.717) is 21.9 Å². The molecule has 4 rings (SSSR count). The second-order valence-corrected chi connectivity index (χ2v) is 10.9. The van der Waals surface area contributed by atoms with Gasteiger partial charge in [0.2, 0.25) is 5.13 Å². The van der Waals surface area contributed by atoms with Crippen LogP contribution in [0.1, 0.15) is 21.5 Å². The number of nitrogens with one attached hydrogen (secondary N) is 2. The third kappa shape index (κ3) is 5.78. The standard InChI is InChI=1S/C23H20N4O3S3/c1-16-19(13-8-14-20(16)27-33(29,30)18-11-6-3-7-12-18)21(28)24-22-25-26-23(32-22)31-15-17-9-4-2-5-10-17/h2-14,27H,15H2,1H3,(H,24,25,28). The van der Waals surface area contributed by atoms with Gasteiger partial charge in [-0.2, -0.15) is 0 Å². The van der Waals surface area contributed by atoms with Crippen LogP contribution in [0.3, 0.4) is 0 Å². The van der Waals surface area contributed by atoms with Crippen molar-refractivity contribution in [3.63, 3.8) is 0 Å². The molecule has 0 aliphatic heterocycles. The molecule has 1 amide bonds. The third-order valence-electron chi connectivity index (χ3n) is 4.71. The lowest BCUT2D eigenvalue weighted by molar-refractivity contribution is 0.102. The van der Waals surface area contributed by atoms with Crippen LogP contribution in [-0.4, -0.2) is 24.5 Å². The van der Waals surface area contributed by atoms with Crippen LogP contribution in [0.2, 0.25) is 0 Å². The highest BCUT2D eigenvalue weighted by atomic mass is 32.2. The maximum absolute atomic E-state index is 12.9. The molecule has 0 fully saturated rings. The molecule has 2 N–H and O–H groups in total. The Morgan fingerprint density at radius 3 is 2.36 bits per heavy atom. The van der Waals surface area contributed by atoms with E-state index in [9.17, 15) is 13.2 Å². The molecule has 1 aromatic heterocycles. The molecule has 168 valence electrons. The summed E-state index contributed by atoms with van der Waals surface area (Å²) < 4.78 is 28.6. The quantitative estimate of drug-likeness (QED) is 0.257. The summed E-state index contributed by atoms with van der Waals surface area (Å²) in [5.74, 6) is 0.371. The van der Waals surface area contributed by atoms with E-state index in [1.807, 2.05) is 30.3 Å². The highest BCUT2D eigenvalue weighted by Gasteiger charge is 2.19. The lowest BCUT2D eigenvalue weighted by Crippen LogP contribution is -2.17. The summed E-state index contributed by atoms with van der Waals surface area (Å²) in [4.78, 5) is 13.0. The summed E-state index contributed by atoms with van der Waals surface area (Å²) in [5.41, 5.74) is 2.37. The third-order valence-corrected chi connectivity index (χ3v) is 8.13. The normalized spacial score (nSPS) is 11.2. The zero-order chi connectivity index (χ0) is 23.3. The van der Waals surface area contributed by atoms with Crippen molar-refractivity contribution in [2.24, 2.45) is 0 Å². The average molecular weight is 497 g/mol. The molecule has 33 heavy (non-hydrogen) atoms. The number of hydrogen-bond donors (Lipinski definition) is 2. The molecule has 0 aliphatic carbocycles. The van der Waals surface area contributed by atoms with E-state index >= 15 is 0 Å². The topological polar surface area (TPSA) is 101 Å². The van der Waals surface area contributed by atoms with Gasteiger partial charge in [0.1, 0.15) is 0 Å². The largest absolute Gasteiger partial charge is 0.296 e. The van der Waals surface area contributed by atoms with Crippen molar-refractivity contribution in [3.8, 4) is 0 Å². The number of hydrogen-bond acceptors (Lipinski definition) is 7. The molecule has 0 radical (unpaired) electrons. The number of aromatic nitrogens is 2. The van der Waals surface area contributed by atoms with Crippen LogP contribution in [0.25, 0.3) is 0 Å². The van der Waals surface area contributed by atoms with E-state index in [4.69, 9.17) is 0 Å². The smallest absolute Gasteiger partial charge is 0.261 e. The van der Waals surface area contributed by atoms with Crippen LogP contribution in [-0.2, 0) is 15.8 Å². The highest BCUT2D eigenvalue weighted by molar-refractivity contribution is 8.00. The zero-order valence-electron chi connectivity index (χ0n) is 17.6. The lowest BCUT2D eigenvalue weighted by Gasteiger charge is -2.13. The number of rotatable bonds is 8. The van der Waals surface area contributed by atoms with Gasteiger partial charge in [-0.25, -0.2) is 8.42 Å². The van der Waals surface area contributed by atoms with Crippen molar-refractivity contribution < 1.29 is 13.2 Å². The molecular formula is C23H20N4O3S3. The van der Waals surface area contributed by atoms with Crippen LogP contribution in [0.15, 0.2) is 88.1 Å². The molecule has 0 unspecified atom stereocenters. The molecule has 0 saturated heterocycles. The molecule has 0 saturated carbocycles. The number of sulfonamides is 1. The van der Waals surface area contributed by atoms with Gasteiger partial charge in [-0.1, -0.05) is 77.7 Å². The molecule has 3 aromatic carbocycles. The molecule has 1 heterocycles. The Morgan fingerprint density at radius 2 is 1.64 bits per heavy atom. The molecule has 0 bridgehead atoms. The Hall–Kier alpha value is -3.21. The van der Waals surface area contributed by atoms with Gasteiger partial charge in [-0.3, -0.25) is 14.8 Å². The second kappa shape index (κ2) is 10.2. The number of amides is 1. The first-order chi connectivity index (χ1) is 15.9. The fourth-order valence-electron chi connectivity index (χ4n) is 3.00. The molecule has 0 spiro atoms. The van der Waals surface area contributed by atoms with E-state index in [0.717, 1.165) is 10.1 Å². The monoisotopic (exact) mass is 496 g/mol. The number of carbonyl (C=O) groups excluding carboxylic acids is 1. The summed E-state index contributed by atoms with van der Waals surface area (Å²) in [6.45, 7) is 1.69. The maximum atomic E-state index is 12.9. The minimum absolute atomic E-state index is 0.147. The fraction of sp³-hybridized carbons (Fsp3) is 0.0870.